The summed E-state index contributed by atoms with van der Waals surface area (Å²) < 4.78 is 0. The van der Waals surface area contributed by atoms with Gasteiger partial charge in [-0.15, -0.1) is 12.4 Å². The van der Waals surface area contributed by atoms with Gasteiger partial charge >= 0.3 is 0 Å². The Kier molecular flexibility index (Phi) is 7.96. The minimum Gasteiger partial charge on any atom is -0.350 e. The summed E-state index contributed by atoms with van der Waals surface area (Å²) in [6, 6.07) is 7.44. The van der Waals surface area contributed by atoms with E-state index < -0.39 is 0 Å². The second-order valence-corrected chi connectivity index (χ2v) is 4.11. The Hall–Kier alpha value is -0.770. The molecule has 0 aliphatic rings. The molecule has 0 saturated carbocycles. The van der Waals surface area contributed by atoms with Gasteiger partial charge in [0.1, 0.15) is 0 Å². The summed E-state index contributed by atoms with van der Waals surface area (Å²) in [5.74, 6) is 0.0119. The number of hydrogen-bond donors (Lipinski definition) is 2. The summed E-state index contributed by atoms with van der Waals surface area (Å²) in [5.41, 5.74) is 6.28. The zero-order chi connectivity index (χ0) is 12.0. The lowest BCUT2D eigenvalue weighted by Crippen LogP contribution is -2.27. The number of rotatable bonds is 5. The molecular weight excluding hydrogens is 259 g/mol. The fraction of sp³-hybridized carbons (Fsp3) is 0.417. The van der Waals surface area contributed by atoms with Gasteiger partial charge in [0.25, 0.3) is 0 Å². The van der Waals surface area contributed by atoms with Crippen LogP contribution in [0.25, 0.3) is 0 Å². The molecule has 0 aliphatic carbocycles. The lowest BCUT2D eigenvalue weighted by atomic mass is 10.1. The Morgan fingerprint density at radius 2 is 2.12 bits per heavy atom. The molecule has 1 atom stereocenters. The maximum Gasteiger partial charge on any atom is 0.220 e. The quantitative estimate of drug-likeness (QED) is 0.869. The molecule has 0 heterocycles. The molecule has 5 heteroatoms. The Bertz CT molecular complexity index is 358. The van der Waals surface area contributed by atoms with Crippen molar-refractivity contribution in [1.29, 1.82) is 0 Å². The Balaban J connectivity index is 0.00000256. The predicted molar refractivity (Wildman–Crippen MR) is 73.5 cm³/mol. The second-order valence-electron chi connectivity index (χ2n) is 3.70. The Morgan fingerprint density at radius 3 is 2.71 bits per heavy atom. The summed E-state index contributed by atoms with van der Waals surface area (Å²) >= 11 is 6.04. The molecule has 3 N–H and O–H groups in total. The molecule has 1 amide bonds. The van der Waals surface area contributed by atoms with Gasteiger partial charge in [0.05, 0.1) is 6.04 Å². The van der Waals surface area contributed by atoms with Gasteiger partial charge in [-0.1, -0.05) is 29.8 Å². The van der Waals surface area contributed by atoms with Crippen molar-refractivity contribution < 1.29 is 4.79 Å². The van der Waals surface area contributed by atoms with Gasteiger partial charge < -0.3 is 11.1 Å². The van der Waals surface area contributed by atoms with Crippen LogP contribution in [0, 0.1) is 0 Å². The van der Waals surface area contributed by atoms with Crippen LogP contribution in [0.5, 0.6) is 0 Å². The Morgan fingerprint density at radius 1 is 1.47 bits per heavy atom. The minimum absolute atomic E-state index is 0. The van der Waals surface area contributed by atoms with Crippen LogP contribution in [0.1, 0.15) is 31.4 Å². The highest BCUT2D eigenvalue weighted by atomic mass is 35.5. The first-order chi connectivity index (χ1) is 7.65. The predicted octanol–water partition coefficient (Wildman–Crippen LogP) is 2.68. The molecule has 17 heavy (non-hydrogen) atoms. The molecule has 0 saturated heterocycles. The topological polar surface area (TPSA) is 55.1 Å². The van der Waals surface area contributed by atoms with Gasteiger partial charge in [0.15, 0.2) is 0 Å². The monoisotopic (exact) mass is 276 g/mol. The van der Waals surface area contributed by atoms with Gasteiger partial charge in [0.2, 0.25) is 5.91 Å². The van der Waals surface area contributed by atoms with E-state index in [1.807, 2.05) is 31.2 Å². The van der Waals surface area contributed by atoms with Gasteiger partial charge in [0, 0.05) is 11.4 Å². The van der Waals surface area contributed by atoms with Crippen molar-refractivity contribution >= 4 is 29.9 Å². The smallest absolute Gasteiger partial charge is 0.220 e. The van der Waals surface area contributed by atoms with Gasteiger partial charge in [-0.05, 0) is 31.5 Å². The van der Waals surface area contributed by atoms with E-state index in [2.05, 4.69) is 5.32 Å². The maximum absolute atomic E-state index is 11.5. The first kappa shape index (κ1) is 16.2. The van der Waals surface area contributed by atoms with E-state index in [9.17, 15) is 4.79 Å². The summed E-state index contributed by atoms with van der Waals surface area (Å²) in [5, 5.41) is 3.57. The molecule has 0 aromatic heterocycles. The van der Waals surface area contributed by atoms with Crippen molar-refractivity contribution in [2.24, 2.45) is 5.73 Å². The van der Waals surface area contributed by atoms with E-state index >= 15 is 0 Å². The third-order valence-electron chi connectivity index (χ3n) is 2.36. The van der Waals surface area contributed by atoms with Gasteiger partial charge in [-0.2, -0.15) is 0 Å². The van der Waals surface area contributed by atoms with Crippen molar-refractivity contribution in [1.82, 2.24) is 5.32 Å². The first-order valence-corrected chi connectivity index (χ1v) is 5.76. The summed E-state index contributed by atoms with van der Waals surface area (Å²) in [4.78, 5) is 11.5. The number of amides is 1. The van der Waals surface area contributed by atoms with E-state index in [4.69, 9.17) is 17.3 Å². The number of benzene rings is 1. The fourth-order valence-corrected chi connectivity index (χ4v) is 1.78. The number of halogens is 2. The molecule has 0 radical (unpaired) electrons. The largest absolute Gasteiger partial charge is 0.350 e. The van der Waals surface area contributed by atoms with Gasteiger partial charge in [-0.3, -0.25) is 4.79 Å². The van der Waals surface area contributed by atoms with Crippen LogP contribution in [0.3, 0.4) is 0 Å². The van der Waals surface area contributed by atoms with Crippen LogP contribution in [0.4, 0.5) is 0 Å². The van der Waals surface area contributed by atoms with Crippen LogP contribution < -0.4 is 11.1 Å². The van der Waals surface area contributed by atoms with Crippen molar-refractivity contribution in [3.8, 4) is 0 Å². The van der Waals surface area contributed by atoms with Crippen molar-refractivity contribution in [3.05, 3.63) is 34.9 Å². The molecule has 0 fully saturated rings. The highest BCUT2D eigenvalue weighted by Crippen LogP contribution is 2.22. The highest BCUT2D eigenvalue weighted by molar-refractivity contribution is 6.31. The fourth-order valence-electron chi connectivity index (χ4n) is 1.48. The van der Waals surface area contributed by atoms with Crippen LogP contribution in [-0.2, 0) is 4.79 Å². The van der Waals surface area contributed by atoms with Gasteiger partial charge in [-0.25, -0.2) is 0 Å². The van der Waals surface area contributed by atoms with E-state index in [0.717, 1.165) is 5.56 Å². The third kappa shape index (κ3) is 5.39. The van der Waals surface area contributed by atoms with E-state index in [-0.39, 0.29) is 24.4 Å². The lowest BCUT2D eigenvalue weighted by Gasteiger charge is -2.15. The van der Waals surface area contributed by atoms with E-state index in [1.54, 1.807) is 0 Å². The third-order valence-corrected chi connectivity index (χ3v) is 2.70. The molecule has 1 rings (SSSR count). The van der Waals surface area contributed by atoms with Crippen LogP contribution in [0.15, 0.2) is 24.3 Å². The second kappa shape index (κ2) is 8.34. The van der Waals surface area contributed by atoms with Crippen molar-refractivity contribution in [2.75, 3.05) is 6.54 Å². The number of nitrogens with one attached hydrogen (secondary N) is 1. The summed E-state index contributed by atoms with van der Waals surface area (Å²) in [7, 11) is 0. The SMILES string of the molecule is CC(NC(=O)CCCN)c1ccccc1Cl.Cl. The average Bonchev–Trinajstić information content (AvgIpc) is 2.26. The Labute approximate surface area is 113 Å². The normalized spacial score (nSPS) is 11.5. The van der Waals surface area contributed by atoms with Crippen molar-refractivity contribution in [3.63, 3.8) is 0 Å². The average molecular weight is 277 g/mol. The summed E-state index contributed by atoms with van der Waals surface area (Å²) in [6.07, 6.45) is 1.17. The molecule has 1 aromatic rings. The number of carbonyl (C=O) groups excluding carboxylic acids is 1. The standard InChI is InChI=1S/C12H17ClN2O.ClH/c1-9(15-12(16)7-4-8-14)10-5-2-3-6-11(10)13;/h2-3,5-6,9H,4,7-8,14H2,1H3,(H,15,16);1H. The zero-order valence-electron chi connectivity index (χ0n) is 9.78. The molecule has 1 unspecified atom stereocenters. The lowest BCUT2D eigenvalue weighted by molar-refractivity contribution is -0.121. The first-order valence-electron chi connectivity index (χ1n) is 5.39. The molecule has 3 nitrogen and oxygen atoms in total. The maximum atomic E-state index is 11.5. The zero-order valence-corrected chi connectivity index (χ0v) is 11.4. The highest BCUT2D eigenvalue weighted by Gasteiger charge is 2.11. The molecule has 1 aromatic carbocycles. The van der Waals surface area contributed by atoms with E-state index in [1.165, 1.54) is 0 Å². The molecule has 0 spiro atoms. The number of nitrogens with two attached hydrogens (primary N) is 1. The molecular formula is C12H18Cl2N2O. The molecule has 0 aliphatic heterocycles. The van der Waals surface area contributed by atoms with Crippen molar-refractivity contribution in [2.45, 2.75) is 25.8 Å². The minimum atomic E-state index is -0.0704. The molecule has 0 bridgehead atoms. The van der Waals surface area contributed by atoms with E-state index in [0.29, 0.717) is 24.4 Å². The number of carbonyl (C=O) groups is 1. The van der Waals surface area contributed by atoms with Crippen LogP contribution >= 0.6 is 24.0 Å². The van der Waals surface area contributed by atoms with Crippen LogP contribution in [0.2, 0.25) is 5.02 Å². The molecule has 96 valence electrons. The summed E-state index contributed by atoms with van der Waals surface area (Å²) in [6.45, 7) is 2.45. The van der Waals surface area contributed by atoms with Crippen LogP contribution in [-0.4, -0.2) is 12.5 Å². The number of hydrogen-bond acceptors (Lipinski definition) is 2.